The third kappa shape index (κ3) is 5.16. The van der Waals surface area contributed by atoms with Gasteiger partial charge in [-0.05, 0) is 24.3 Å². The molecule has 0 heterocycles. The molecule has 0 aromatic heterocycles. The Labute approximate surface area is 154 Å². The van der Waals surface area contributed by atoms with Gasteiger partial charge in [-0.25, -0.2) is 4.39 Å². The van der Waals surface area contributed by atoms with E-state index in [0.717, 1.165) is 6.07 Å². The number of methoxy groups -OCH3 is 1. The van der Waals surface area contributed by atoms with Gasteiger partial charge in [-0.3, -0.25) is 9.59 Å². The molecule has 0 spiro atoms. The van der Waals surface area contributed by atoms with Crippen LogP contribution in [0.3, 0.4) is 0 Å². The summed E-state index contributed by atoms with van der Waals surface area (Å²) in [6, 6.07) is 10.6. The van der Waals surface area contributed by atoms with Gasteiger partial charge >= 0.3 is 11.8 Å². The number of benzene rings is 2. The molecule has 0 fully saturated rings. The molecule has 25 heavy (non-hydrogen) atoms. The quantitative estimate of drug-likeness (QED) is 0.774. The number of amides is 2. The van der Waals surface area contributed by atoms with E-state index in [2.05, 4.69) is 10.6 Å². The summed E-state index contributed by atoms with van der Waals surface area (Å²) in [5.41, 5.74) is 0.902. The van der Waals surface area contributed by atoms with Gasteiger partial charge in [0, 0.05) is 29.9 Å². The average molecular weight is 385 g/mol. The molecule has 0 radical (unpaired) electrons. The van der Waals surface area contributed by atoms with Crippen LogP contribution >= 0.6 is 23.2 Å². The lowest BCUT2D eigenvalue weighted by molar-refractivity contribution is -0.136. The molecule has 0 saturated carbocycles. The van der Waals surface area contributed by atoms with Crippen LogP contribution in [0, 0.1) is 5.82 Å². The molecule has 1 unspecified atom stereocenters. The number of hydrogen-bond donors (Lipinski definition) is 2. The summed E-state index contributed by atoms with van der Waals surface area (Å²) >= 11 is 11.7. The standard InChI is InChI=1S/C17H15Cl2FN2O3/c1-25-15(11-4-2-3-5-12(11)18)9-21-16(23)17(24)22-10-6-7-14(20)13(19)8-10/h2-8,15H,9H2,1H3,(H,21,23)(H,22,24). The molecule has 0 aliphatic carbocycles. The molecule has 2 rings (SSSR count). The van der Waals surface area contributed by atoms with Crippen molar-refractivity contribution >= 4 is 40.7 Å². The van der Waals surface area contributed by atoms with E-state index in [1.807, 2.05) is 0 Å². The summed E-state index contributed by atoms with van der Waals surface area (Å²) in [7, 11) is 1.47. The number of hydrogen-bond acceptors (Lipinski definition) is 3. The first-order valence-electron chi connectivity index (χ1n) is 7.24. The Morgan fingerprint density at radius 2 is 1.84 bits per heavy atom. The highest BCUT2D eigenvalue weighted by Crippen LogP contribution is 2.24. The van der Waals surface area contributed by atoms with E-state index in [9.17, 15) is 14.0 Å². The minimum absolute atomic E-state index is 0.0522. The van der Waals surface area contributed by atoms with Crippen molar-refractivity contribution in [1.29, 1.82) is 0 Å². The predicted octanol–water partition coefficient (Wildman–Crippen LogP) is 3.57. The molecule has 2 aromatic carbocycles. The Morgan fingerprint density at radius 3 is 2.48 bits per heavy atom. The van der Waals surface area contributed by atoms with E-state index >= 15 is 0 Å². The first kappa shape index (κ1) is 19.2. The van der Waals surface area contributed by atoms with Crippen molar-refractivity contribution in [3.63, 3.8) is 0 Å². The molecule has 2 N–H and O–H groups in total. The Balaban J connectivity index is 1.95. The van der Waals surface area contributed by atoms with E-state index in [1.165, 1.54) is 19.2 Å². The summed E-state index contributed by atoms with van der Waals surface area (Å²) in [4.78, 5) is 23.8. The number of rotatable bonds is 5. The van der Waals surface area contributed by atoms with E-state index in [4.69, 9.17) is 27.9 Å². The number of carbonyl (C=O) groups excluding carboxylic acids is 2. The Morgan fingerprint density at radius 1 is 1.12 bits per heavy atom. The molecule has 5 nitrogen and oxygen atoms in total. The molecular weight excluding hydrogens is 370 g/mol. The van der Waals surface area contributed by atoms with Crippen molar-refractivity contribution in [3.8, 4) is 0 Å². The first-order valence-corrected chi connectivity index (χ1v) is 7.99. The Kier molecular flexibility index (Phi) is 6.75. The molecule has 2 aromatic rings. The van der Waals surface area contributed by atoms with E-state index < -0.39 is 23.7 Å². The van der Waals surface area contributed by atoms with Gasteiger partial charge < -0.3 is 15.4 Å². The van der Waals surface area contributed by atoms with Crippen LogP contribution in [0.1, 0.15) is 11.7 Å². The molecule has 132 valence electrons. The lowest BCUT2D eigenvalue weighted by Crippen LogP contribution is -2.38. The number of nitrogens with one attached hydrogen (secondary N) is 2. The maximum atomic E-state index is 13.1. The van der Waals surface area contributed by atoms with Crippen molar-refractivity contribution in [2.75, 3.05) is 19.0 Å². The lowest BCUT2D eigenvalue weighted by atomic mass is 10.1. The minimum atomic E-state index is -0.906. The van der Waals surface area contributed by atoms with Crippen LogP contribution in [-0.2, 0) is 14.3 Å². The van der Waals surface area contributed by atoms with Crippen LogP contribution in [0.2, 0.25) is 10.0 Å². The first-order chi connectivity index (χ1) is 11.9. The second-order valence-electron chi connectivity index (χ2n) is 5.04. The lowest BCUT2D eigenvalue weighted by Gasteiger charge is -2.17. The van der Waals surface area contributed by atoms with Crippen LogP contribution in [0.15, 0.2) is 42.5 Å². The maximum absolute atomic E-state index is 13.1. The van der Waals surface area contributed by atoms with Gasteiger partial charge in [-0.15, -0.1) is 0 Å². The van der Waals surface area contributed by atoms with Crippen LogP contribution in [0.25, 0.3) is 0 Å². The molecule has 1 atom stereocenters. The zero-order valence-electron chi connectivity index (χ0n) is 13.2. The van der Waals surface area contributed by atoms with Gasteiger partial charge in [0.1, 0.15) is 11.9 Å². The number of halogens is 3. The highest BCUT2D eigenvalue weighted by molar-refractivity contribution is 6.39. The fraction of sp³-hybridized carbons (Fsp3) is 0.176. The van der Waals surface area contributed by atoms with Gasteiger partial charge in [0.05, 0.1) is 5.02 Å². The van der Waals surface area contributed by atoms with Gasteiger partial charge in [0.2, 0.25) is 0 Å². The summed E-state index contributed by atoms with van der Waals surface area (Å²) in [6.07, 6.45) is -0.509. The average Bonchev–Trinajstić information content (AvgIpc) is 2.59. The van der Waals surface area contributed by atoms with Crippen molar-refractivity contribution in [2.45, 2.75) is 6.10 Å². The largest absolute Gasteiger partial charge is 0.375 e. The minimum Gasteiger partial charge on any atom is -0.375 e. The number of anilines is 1. The van der Waals surface area contributed by atoms with Gasteiger partial charge in [0.25, 0.3) is 0 Å². The maximum Gasteiger partial charge on any atom is 0.313 e. The molecule has 0 saturated heterocycles. The van der Waals surface area contributed by atoms with Crippen molar-refractivity contribution < 1.29 is 18.7 Å². The molecular formula is C17H15Cl2FN2O3. The molecule has 0 aliphatic rings. The van der Waals surface area contributed by atoms with Crippen molar-refractivity contribution in [1.82, 2.24) is 5.32 Å². The van der Waals surface area contributed by atoms with E-state index in [0.29, 0.717) is 10.6 Å². The molecule has 0 bridgehead atoms. The third-order valence-corrected chi connectivity index (χ3v) is 4.00. The Hall–Kier alpha value is -2.15. The molecule has 0 aliphatic heterocycles. The van der Waals surface area contributed by atoms with Crippen LogP contribution in [0.5, 0.6) is 0 Å². The zero-order chi connectivity index (χ0) is 18.4. The Bertz CT molecular complexity index is 786. The fourth-order valence-corrected chi connectivity index (χ4v) is 2.52. The monoisotopic (exact) mass is 384 g/mol. The van der Waals surface area contributed by atoms with Gasteiger partial charge in [-0.1, -0.05) is 41.4 Å². The second-order valence-corrected chi connectivity index (χ2v) is 5.85. The fourth-order valence-electron chi connectivity index (χ4n) is 2.08. The summed E-state index contributed by atoms with van der Waals surface area (Å²) in [5, 5.41) is 5.14. The molecule has 8 heteroatoms. The summed E-state index contributed by atoms with van der Waals surface area (Å²) in [6.45, 7) is 0.0522. The SMILES string of the molecule is COC(CNC(=O)C(=O)Nc1ccc(F)c(Cl)c1)c1ccccc1Cl. The zero-order valence-corrected chi connectivity index (χ0v) is 14.7. The van der Waals surface area contributed by atoms with Gasteiger partial charge in [-0.2, -0.15) is 0 Å². The second kappa shape index (κ2) is 8.80. The van der Waals surface area contributed by atoms with E-state index in [-0.39, 0.29) is 17.3 Å². The van der Waals surface area contributed by atoms with Crippen molar-refractivity contribution in [3.05, 3.63) is 63.9 Å². The number of ether oxygens (including phenoxy) is 1. The van der Waals surface area contributed by atoms with Crippen LogP contribution in [-0.4, -0.2) is 25.5 Å². The van der Waals surface area contributed by atoms with Crippen LogP contribution < -0.4 is 10.6 Å². The normalized spacial score (nSPS) is 11.7. The van der Waals surface area contributed by atoms with Gasteiger partial charge in [0.15, 0.2) is 0 Å². The molecule has 2 amide bonds. The third-order valence-electron chi connectivity index (χ3n) is 3.37. The van der Waals surface area contributed by atoms with E-state index in [1.54, 1.807) is 24.3 Å². The topological polar surface area (TPSA) is 67.4 Å². The van der Waals surface area contributed by atoms with Crippen molar-refractivity contribution in [2.24, 2.45) is 0 Å². The smallest absolute Gasteiger partial charge is 0.313 e. The predicted molar refractivity (Wildman–Crippen MR) is 94.3 cm³/mol. The number of carbonyl (C=O) groups is 2. The highest BCUT2D eigenvalue weighted by atomic mass is 35.5. The summed E-state index contributed by atoms with van der Waals surface area (Å²) in [5.74, 6) is -2.39. The summed E-state index contributed by atoms with van der Waals surface area (Å²) < 4.78 is 18.4. The highest BCUT2D eigenvalue weighted by Gasteiger charge is 2.19. The van der Waals surface area contributed by atoms with Crippen LogP contribution in [0.4, 0.5) is 10.1 Å².